The van der Waals surface area contributed by atoms with Gasteiger partial charge >= 0.3 is 6.03 Å². The number of imidazole rings is 1. The quantitative estimate of drug-likeness (QED) is 0.753. The molecule has 0 saturated carbocycles. The van der Waals surface area contributed by atoms with Crippen LogP contribution in [0.1, 0.15) is 5.56 Å². The number of nitrogens with zero attached hydrogens (tertiary/aromatic N) is 4. The highest BCUT2D eigenvalue weighted by atomic mass is 16.5. The van der Waals surface area contributed by atoms with Crippen molar-refractivity contribution in [2.24, 2.45) is 7.05 Å². The first-order valence-corrected chi connectivity index (χ1v) is 7.35. The van der Waals surface area contributed by atoms with Crippen LogP contribution in [-0.2, 0) is 13.6 Å². The molecular weight excluding hydrogens is 308 g/mol. The van der Waals surface area contributed by atoms with Gasteiger partial charge in [-0.1, -0.05) is 12.1 Å². The largest absolute Gasteiger partial charge is 0.481 e. The number of aromatic nitrogens is 4. The van der Waals surface area contributed by atoms with Gasteiger partial charge in [0.1, 0.15) is 0 Å². The van der Waals surface area contributed by atoms with E-state index in [4.69, 9.17) is 4.74 Å². The number of ether oxygens (including phenoxy) is 1. The Morgan fingerprint density at radius 1 is 1.25 bits per heavy atom. The second-order valence-electron chi connectivity index (χ2n) is 5.21. The van der Waals surface area contributed by atoms with Crippen LogP contribution in [-0.4, -0.2) is 32.5 Å². The Kier molecular flexibility index (Phi) is 4.46. The average molecular weight is 326 g/mol. The van der Waals surface area contributed by atoms with Crippen molar-refractivity contribution in [1.29, 1.82) is 0 Å². The Hall–Kier alpha value is -3.29. The maximum Gasteiger partial charge on any atom is 0.324 e. The topological polar surface area (TPSA) is 86.0 Å². The number of benzene rings is 1. The Labute approximate surface area is 139 Å². The third-order valence-corrected chi connectivity index (χ3v) is 3.42. The van der Waals surface area contributed by atoms with E-state index >= 15 is 0 Å². The maximum atomic E-state index is 12.0. The average Bonchev–Trinajstić information content (AvgIpc) is 3.18. The molecule has 0 radical (unpaired) electrons. The highest BCUT2D eigenvalue weighted by Gasteiger charge is 2.08. The number of amides is 2. The van der Waals surface area contributed by atoms with E-state index in [0.717, 1.165) is 12.1 Å². The minimum Gasteiger partial charge on any atom is -0.481 e. The maximum absolute atomic E-state index is 12.0. The Morgan fingerprint density at radius 2 is 2.04 bits per heavy atom. The number of methoxy groups -OCH3 is 1. The molecule has 2 amide bonds. The van der Waals surface area contributed by atoms with Crippen molar-refractivity contribution in [3.63, 3.8) is 0 Å². The fourth-order valence-electron chi connectivity index (χ4n) is 2.27. The molecule has 3 aromatic rings. The van der Waals surface area contributed by atoms with Crippen LogP contribution in [0.3, 0.4) is 0 Å². The van der Waals surface area contributed by atoms with Crippen molar-refractivity contribution in [3.05, 3.63) is 54.6 Å². The molecule has 0 bridgehead atoms. The summed E-state index contributed by atoms with van der Waals surface area (Å²) < 4.78 is 8.62. The van der Waals surface area contributed by atoms with Crippen LogP contribution >= 0.6 is 0 Å². The minimum atomic E-state index is -0.363. The fraction of sp³-hybridized carbons (Fsp3) is 0.188. The standard InChI is InChI=1S/C16H18N6O2/c1-21-15(24-2)9-14(20-21)19-16(23)18-13-5-3-12(4-6-13)10-22-8-7-17-11-22/h3-9,11H,10H2,1-2H3,(H2,18,19,20,23). The first-order chi connectivity index (χ1) is 11.6. The highest BCUT2D eigenvalue weighted by molar-refractivity contribution is 5.99. The second-order valence-corrected chi connectivity index (χ2v) is 5.21. The van der Waals surface area contributed by atoms with Crippen molar-refractivity contribution in [3.8, 4) is 5.88 Å². The summed E-state index contributed by atoms with van der Waals surface area (Å²) in [5, 5.41) is 9.56. The van der Waals surface area contributed by atoms with E-state index in [0.29, 0.717) is 17.4 Å². The normalized spacial score (nSPS) is 10.4. The lowest BCUT2D eigenvalue weighted by molar-refractivity contribution is 0.262. The van der Waals surface area contributed by atoms with Crippen LogP contribution < -0.4 is 15.4 Å². The van der Waals surface area contributed by atoms with E-state index in [-0.39, 0.29) is 6.03 Å². The van der Waals surface area contributed by atoms with Gasteiger partial charge in [-0.25, -0.2) is 14.5 Å². The summed E-state index contributed by atoms with van der Waals surface area (Å²) in [6.07, 6.45) is 5.41. The zero-order valence-corrected chi connectivity index (χ0v) is 13.4. The number of anilines is 2. The first kappa shape index (κ1) is 15.6. The van der Waals surface area contributed by atoms with Gasteiger partial charge in [-0.3, -0.25) is 5.32 Å². The van der Waals surface area contributed by atoms with Gasteiger partial charge in [0.25, 0.3) is 0 Å². The van der Waals surface area contributed by atoms with Gasteiger partial charge in [0, 0.05) is 37.7 Å². The monoisotopic (exact) mass is 326 g/mol. The van der Waals surface area contributed by atoms with Crippen LogP contribution in [0.15, 0.2) is 49.1 Å². The molecule has 1 aromatic carbocycles. The first-order valence-electron chi connectivity index (χ1n) is 7.35. The summed E-state index contributed by atoms with van der Waals surface area (Å²) >= 11 is 0. The van der Waals surface area contributed by atoms with Gasteiger partial charge in [-0.05, 0) is 17.7 Å². The molecule has 2 aromatic heterocycles. The summed E-state index contributed by atoms with van der Waals surface area (Å²) in [5.41, 5.74) is 1.82. The third-order valence-electron chi connectivity index (χ3n) is 3.42. The van der Waals surface area contributed by atoms with Crippen LogP contribution in [0.2, 0.25) is 0 Å². The van der Waals surface area contributed by atoms with Crippen molar-refractivity contribution < 1.29 is 9.53 Å². The number of nitrogens with one attached hydrogen (secondary N) is 2. The number of urea groups is 1. The zero-order chi connectivity index (χ0) is 16.9. The van der Waals surface area contributed by atoms with Crippen molar-refractivity contribution in [2.45, 2.75) is 6.54 Å². The van der Waals surface area contributed by atoms with Crippen molar-refractivity contribution in [1.82, 2.24) is 19.3 Å². The molecule has 24 heavy (non-hydrogen) atoms. The number of carbonyl (C=O) groups is 1. The number of carbonyl (C=O) groups excluding carboxylic acids is 1. The Morgan fingerprint density at radius 3 is 2.67 bits per heavy atom. The molecule has 0 spiro atoms. The minimum absolute atomic E-state index is 0.363. The van der Waals surface area contributed by atoms with Crippen LogP contribution in [0.4, 0.5) is 16.3 Å². The molecule has 8 heteroatoms. The molecule has 0 aliphatic carbocycles. The van der Waals surface area contributed by atoms with E-state index in [1.807, 2.05) is 35.0 Å². The van der Waals surface area contributed by atoms with Gasteiger partial charge in [0.15, 0.2) is 5.82 Å². The smallest absolute Gasteiger partial charge is 0.324 e. The van der Waals surface area contributed by atoms with E-state index < -0.39 is 0 Å². The van der Waals surface area contributed by atoms with E-state index in [1.165, 1.54) is 0 Å². The Bertz CT molecular complexity index is 808. The van der Waals surface area contributed by atoms with E-state index in [2.05, 4.69) is 20.7 Å². The molecule has 0 saturated heterocycles. The van der Waals surface area contributed by atoms with Gasteiger partial charge in [-0.15, -0.1) is 0 Å². The molecule has 124 valence electrons. The summed E-state index contributed by atoms with van der Waals surface area (Å²) in [4.78, 5) is 16.0. The van der Waals surface area contributed by atoms with Crippen molar-refractivity contribution in [2.75, 3.05) is 17.7 Å². The number of hydrogen-bond donors (Lipinski definition) is 2. The molecule has 0 aliphatic heterocycles. The third kappa shape index (κ3) is 3.72. The van der Waals surface area contributed by atoms with Gasteiger partial charge < -0.3 is 14.6 Å². The zero-order valence-electron chi connectivity index (χ0n) is 13.4. The lowest BCUT2D eigenvalue weighted by Crippen LogP contribution is -2.19. The highest BCUT2D eigenvalue weighted by Crippen LogP contribution is 2.16. The predicted molar refractivity (Wildman–Crippen MR) is 90.2 cm³/mol. The van der Waals surface area contributed by atoms with Crippen molar-refractivity contribution >= 4 is 17.5 Å². The number of hydrogen-bond acceptors (Lipinski definition) is 4. The molecule has 0 fully saturated rings. The predicted octanol–water partition coefficient (Wildman–Crippen LogP) is 2.32. The van der Waals surface area contributed by atoms with E-state index in [1.54, 1.807) is 37.4 Å². The Balaban J connectivity index is 1.57. The van der Waals surface area contributed by atoms with Crippen LogP contribution in [0.5, 0.6) is 5.88 Å². The molecule has 0 unspecified atom stereocenters. The SMILES string of the molecule is COc1cc(NC(=O)Nc2ccc(Cn3ccnc3)cc2)nn1C. The molecule has 2 heterocycles. The van der Waals surface area contributed by atoms with Crippen LogP contribution in [0, 0.1) is 0 Å². The summed E-state index contributed by atoms with van der Waals surface area (Å²) in [6, 6.07) is 8.90. The fourth-order valence-corrected chi connectivity index (χ4v) is 2.27. The molecule has 2 N–H and O–H groups in total. The number of rotatable bonds is 5. The lowest BCUT2D eigenvalue weighted by Gasteiger charge is -2.07. The molecule has 8 nitrogen and oxygen atoms in total. The molecular formula is C16H18N6O2. The summed E-state index contributed by atoms with van der Waals surface area (Å²) in [7, 11) is 3.28. The van der Waals surface area contributed by atoms with Gasteiger partial charge in [-0.2, -0.15) is 5.10 Å². The summed E-state index contributed by atoms with van der Waals surface area (Å²) in [6.45, 7) is 0.736. The molecule has 3 rings (SSSR count). The second kappa shape index (κ2) is 6.86. The van der Waals surface area contributed by atoms with E-state index in [9.17, 15) is 4.79 Å². The lowest BCUT2D eigenvalue weighted by atomic mass is 10.2. The van der Waals surface area contributed by atoms with Gasteiger partial charge in [0.05, 0.1) is 13.4 Å². The van der Waals surface area contributed by atoms with Gasteiger partial charge in [0.2, 0.25) is 5.88 Å². The summed E-state index contributed by atoms with van der Waals surface area (Å²) in [5.74, 6) is 0.984. The molecule has 0 aliphatic rings. The van der Waals surface area contributed by atoms with Crippen LogP contribution in [0.25, 0.3) is 0 Å². The molecule has 0 atom stereocenters. The number of aryl methyl sites for hydroxylation is 1.